The second-order valence-corrected chi connectivity index (χ2v) is 6.61. The molecule has 150 valence electrons. The van der Waals surface area contributed by atoms with Gasteiger partial charge >= 0.3 is 0 Å². The number of carbonyl (C=O) groups is 1. The first-order chi connectivity index (χ1) is 13.9. The molecule has 2 aromatic carbocycles. The molecule has 1 aromatic heterocycles. The van der Waals surface area contributed by atoms with Gasteiger partial charge in [-0.1, -0.05) is 6.92 Å². The summed E-state index contributed by atoms with van der Waals surface area (Å²) >= 11 is 0. The Morgan fingerprint density at radius 3 is 2.41 bits per heavy atom. The van der Waals surface area contributed by atoms with E-state index < -0.39 is 4.92 Å². The van der Waals surface area contributed by atoms with Crippen LogP contribution in [0.4, 0.5) is 5.69 Å². The van der Waals surface area contributed by atoms with Gasteiger partial charge in [0.15, 0.2) is 0 Å². The zero-order valence-corrected chi connectivity index (χ0v) is 16.5. The highest BCUT2D eigenvalue weighted by atomic mass is 16.6. The van der Waals surface area contributed by atoms with Gasteiger partial charge in [-0.05, 0) is 55.8 Å². The maximum Gasteiger partial charge on any atom is 0.270 e. The summed E-state index contributed by atoms with van der Waals surface area (Å²) in [6.45, 7) is 3.91. The summed E-state index contributed by atoms with van der Waals surface area (Å²) in [6, 6.07) is 15.0. The number of methoxy groups -OCH3 is 1. The van der Waals surface area contributed by atoms with E-state index in [9.17, 15) is 14.9 Å². The summed E-state index contributed by atoms with van der Waals surface area (Å²) in [5.41, 5.74) is 2.32. The standard InChI is InChI=1S/C21H22N4O4/c1-4-14(2)22-21(26)20-13-19(15-5-11-18(29-3)12-6-15)23-24(20)16-7-9-17(10-8-16)25(27)28/h5-14H,4H2,1-3H3,(H,22,26). The molecular formula is C21H22N4O4. The van der Waals surface area contributed by atoms with E-state index >= 15 is 0 Å². The van der Waals surface area contributed by atoms with E-state index in [0.29, 0.717) is 17.1 Å². The van der Waals surface area contributed by atoms with E-state index in [1.165, 1.54) is 16.8 Å². The molecule has 0 saturated heterocycles. The third-order valence-corrected chi connectivity index (χ3v) is 4.62. The topological polar surface area (TPSA) is 99.3 Å². The van der Waals surface area contributed by atoms with E-state index in [1.807, 2.05) is 38.1 Å². The first-order valence-electron chi connectivity index (χ1n) is 9.23. The molecule has 0 aliphatic heterocycles. The van der Waals surface area contributed by atoms with Crippen LogP contribution in [-0.2, 0) is 0 Å². The number of nitro groups is 1. The average molecular weight is 394 g/mol. The molecule has 29 heavy (non-hydrogen) atoms. The molecule has 1 N–H and O–H groups in total. The summed E-state index contributed by atoms with van der Waals surface area (Å²) in [5.74, 6) is 0.461. The lowest BCUT2D eigenvalue weighted by molar-refractivity contribution is -0.384. The molecule has 0 saturated carbocycles. The Balaban J connectivity index is 2.05. The van der Waals surface area contributed by atoms with Crippen molar-refractivity contribution in [1.29, 1.82) is 0 Å². The highest BCUT2D eigenvalue weighted by molar-refractivity contribution is 5.94. The smallest absolute Gasteiger partial charge is 0.270 e. The van der Waals surface area contributed by atoms with Gasteiger partial charge in [0.25, 0.3) is 11.6 Å². The third-order valence-electron chi connectivity index (χ3n) is 4.62. The zero-order valence-electron chi connectivity index (χ0n) is 16.5. The van der Waals surface area contributed by atoms with Crippen LogP contribution in [0, 0.1) is 10.1 Å². The van der Waals surface area contributed by atoms with Crippen molar-refractivity contribution in [3.8, 4) is 22.7 Å². The van der Waals surface area contributed by atoms with Gasteiger partial charge in [0.2, 0.25) is 0 Å². The quantitative estimate of drug-likeness (QED) is 0.483. The number of carbonyl (C=O) groups excluding carboxylic acids is 1. The molecular weight excluding hydrogens is 372 g/mol. The molecule has 0 aliphatic rings. The minimum absolute atomic E-state index is 0.00662. The van der Waals surface area contributed by atoms with Crippen LogP contribution < -0.4 is 10.1 Å². The van der Waals surface area contributed by atoms with Crippen LogP contribution in [0.3, 0.4) is 0 Å². The molecule has 1 unspecified atom stereocenters. The molecule has 8 heteroatoms. The minimum Gasteiger partial charge on any atom is -0.497 e. The number of amides is 1. The van der Waals surface area contributed by atoms with E-state index in [4.69, 9.17) is 4.74 Å². The van der Waals surface area contributed by atoms with Crippen molar-refractivity contribution in [3.05, 3.63) is 70.4 Å². The predicted molar refractivity (Wildman–Crippen MR) is 109 cm³/mol. The van der Waals surface area contributed by atoms with Gasteiger partial charge in [-0.2, -0.15) is 5.10 Å². The summed E-state index contributed by atoms with van der Waals surface area (Å²) in [6.07, 6.45) is 0.794. The van der Waals surface area contributed by atoms with Crippen LogP contribution in [0.2, 0.25) is 0 Å². The summed E-state index contributed by atoms with van der Waals surface area (Å²) in [4.78, 5) is 23.3. The highest BCUT2D eigenvalue weighted by Crippen LogP contribution is 2.25. The Hall–Kier alpha value is -3.68. The normalized spacial score (nSPS) is 11.7. The molecule has 0 bridgehead atoms. The van der Waals surface area contributed by atoms with Crippen LogP contribution in [0.15, 0.2) is 54.6 Å². The van der Waals surface area contributed by atoms with Gasteiger partial charge < -0.3 is 10.1 Å². The molecule has 0 radical (unpaired) electrons. The Labute approximate surface area is 168 Å². The Bertz CT molecular complexity index is 1010. The Morgan fingerprint density at radius 2 is 1.86 bits per heavy atom. The van der Waals surface area contributed by atoms with Crippen molar-refractivity contribution >= 4 is 11.6 Å². The van der Waals surface area contributed by atoms with E-state index in [0.717, 1.165) is 17.7 Å². The minimum atomic E-state index is -0.466. The number of ether oxygens (including phenoxy) is 1. The maximum atomic E-state index is 12.8. The van der Waals surface area contributed by atoms with Gasteiger partial charge in [0.1, 0.15) is 11.4 Å². The van der Waals surface area contributed by atoms with Crippen LogP contribution in [0.5, 0.6) is 5.75 Å². The molecule has 1 heterocycles. The first-order valence-corrected chi connectivity index (χ1v) is 9.23. The van der Waals surface area contributed by atoms with E-state index in [2.05, 4.69) is 10.4 Å². The number of nitrogens with zero attached hydrogens (tertiary/aromatic N) is 3. The van der Waals surface area contributed by atoms with E-state index in [-0.39, 0.29) is 17.6 Å². The summed E-state index contributed by atoms with van der Waals surface area (Å²) < 4.78 is 6.68. The molecule has 1 atom stereocenters. The number of nitro benzene ring substituents is 1. The molecule has 8 nitrogen and oxygen atoms in total. The van der Waals surface area contributed by atoms with Gasteiger partial charge in [-0.15, -0.1) is 0 Å². The first kappa shape index (κ1) is 20.1. The molecule has 3 rings (SSSR count). The second-order valence-electron chi connectivity index (χ2n) is 6.61. The zero-order chi connectivity index (χ0) is 21.0. The lowest BCUT2D eigenvalue weighted by atomic mass is 10.1. The molecule has 0 spiro atoms. The molecule has 0 aliphatic carbocycles. The fraction of sp³-hybridized carbons (Fsp3) is 0.238. The third kappa shape index (κ3) is 4.43. The SMILES string of the molecule is CCC(C)NC(=O)c1cc(-c2ccc(OC)cc2)nn1-c1ccc([N+](=O)[O-])cc1. The number of non-ortho nitro benzene ring substituents is 1. The fourth-order valence-corrected chi connectivity index (χ4v) is 2.76. The number of hydrogen-bond acceptors (Lipinski definition) is 5. The number of aromatic nitrogens is 2. The van der Waals surface area contributed by atoms with Crippen LogP contribution in [-0.4, -0.2) is 33.8 Å². The fourth-order valence-electron chi connectivity index (χ4n) is 2.76. The van der Waals surface area contributed by atoms with E-state index in [1.54, 1.807) is 25.3 Å². The van der Waals surface area contributed by atoms with Crippen LogP contribution in [0.25, 0.3) is 16.9 Å². The Kier molecular flexibility index (Phi) is 5.92. The van der Waals surface area contributed by atoms with Gasteiger partial charge in [0, 0.05) is 23.7 Å². The van der Waals surface area contributed by atoms with Crippen molar-refractivity contribution in [2.75, 3.05) is 7.11 Å². The predicted octanol–water partition coefficient (Wildman–Crippen LogP) is 3.98. The monoisotopic (exact) mass is 394 g/mol. The van der Waals surface area contributed by atoms with Crippen molar-refractivity contribution in [3.63, 3.8) is 0 Å². The summed E-state index contributed by atoms with van der Waals surface area (Å²) in [7, 11) is 1.59. The van der Waals surface area contributed by atoms with Crippen molar-refractivity contribution in [2.45, 2.75) is 26.3 Å². The molecule has 0 fully saturated rings. The molecule has 3 aromatic rings. The number of hydrogen-bond donors (Lipinski definition) is 1. The van der Waals surface area contributed by atoms with Crippen LogP contribution in [0.1, 0.15) is 30.8 Å². The maximum absolute atomic E-state index is 12.8. The van der Waals surface area contributed by atoms with Crippen molar-refractivity contribution in [1.82, 2.24) is 15.1 Å². The number of nitrogens with one attached hydrogen (secondary N) is 1. The lowest BCUT2D eigenvalue weighted by Crippen LogP contribution is -2.33. The second kappa shape index (κ2) is 8.55. The number of benzene rings is 2. The lowest BCUT2D eigenvalue weighted by Gasteiger charge is -2.12. The van der Waals surface area contributed by atoms with Gasteiger partial charge in [-0.25, -0.2) is 4.68 Å². The largest absolute Gasteiger partial charge is 0.497 e. The Morgan fingerprint density at radius 1 is 1.21 bits per heavy atom. The average Bonchev–Trinajstić information content (AvgIpc) is 3.19. The summed E-state index contributed by atoms with van der Waals surface area (Å²) in [5, 5.41) is 18.4. The van der Waals surface area contributed by atoms with Gasteiger partial charge in [-0.3, -0.25) is 14.9 Å². The van der Waals surface area contributed by atoms with Gasteiger partial charge in [0.05, 0.1) is 23.4 Å². The van der Waals surface area contributed by atoms with Crippen molar-refractivity contribution < 1.29 is 14.5 Å². The molecule has 1 amide bonds. The van der Waals surface area contributed by atoms with Crippen LogP contribution >= 0.6 is 0 Å². The van der Waals surface area contributed by atoms with Crippen molar-refractivity contribution in [2.24, 2.45) is 0 Å². The highest BCUT2D eigenvalue weighted by Gasteiger charge is 2.19. The number of rotatable bonds is 7.